The monoisotopic (exact) mass is 239 g/mol. The van der Waals surface area contributed by atoms with Crippen LogP contribution in [0.3, 0.4) is 0 Å². The molecule has 0 bridgehead atoms. The number of Topliss-reactive ketones (excluding diaryl/α,β-unsaturated/α-hetero) is 1. The van der Waals surface area contributed by atoms with E-state index in [4.69, 9.17) is 5.73 Å². The highest BCUT2D eigenvalue weighted by atomic mass is 16.1. The summed E-state index contributed by atoms with van der Waals surface area (Å²) in [6, 6.07) is 17.5. The van der Waals surface area contributed by atoms with Gasteiger partial charge in [-0.2, -0.15) is 0 Å². The summed E-state index contributed by atoms with van der Waals surface area (Å²) in [6.45, 7) is 0. The lowest BCUT2D eigenvalue weighted by Gasteiger charge is -2.04. The molecule has 18 heavy (non-hydrogen) atoms. The van der Waals surface area contributed by atoms with Crippen LogP contribution < -0.4 is 5.73 Å². The van der Waals surface area contributed by atoms with Crippen LogP contribution in [0.15, 0.2) is 54.6 Å². The molecule has 0 radical (unpaired) electrons. The molecule has 0 aliphatic heterocycles. The molecule has 0 amide bonds. The number of carbonyl (C=O) groups is 1. The van der Waals surface area contributed by atoms with Crippen LogP contribution in [0.1, 0.15) is 28.8 Å². The van der Waals surface area contributed by atoms with Crippen LogP contribution in [0, 0.1) is 0 Å². The standard InChI is InChI=1S/C16H17NO/c17-15-11-5-4-10-14(15)16(18)12-6-9-13-7-2-1-3-8-13/h1-5,7-8,10-11H,6,9,12,17H2. The van der Waals surface area contributed by atoms with Crippen LogP contribution in [0.5, 0.6) is 0 Å². The highest BCUT2D eigenvalue weighted by Gasteiger charge is 2.08. The molecule has 0 atom stereocenters. The summed E-state index contributed by atoms with van der Waals surface area (Å²) in [6.07, 6.45) is 2.33. The Hall–Kier alpha value is -2.09. The Labute approximate surface area is 107 Å². The first-order valence-electron chi connectivity index (χ1n) is 6.19. The van der Waals surface area contributed by atoms with E-state index in [1.165, 1.54) is 5.56 Å². The topological polar surface area (TPSA) is 43.1 Å². The summed E-state index contributed by atoms with van der Waals surface area (Å²) >= 11 is 0. The normalized spacial score (nSPS) is 10.2. The Bertz CT molecular complexity index is 520. The molecule has 2 nitrogen and oxygen atoms in total. The van der Waals surface area contributed by atoms with Crippen LogP contribution in [-0.2, 0) is 6.42 Å². The molecule has 0 unspecified atom stereocenters. The van der Waals surface area contributed by atoms with Crippen molar-refractivity contribution in [2.75, 3.05) is 5.73 Å². The number of aryl methyl sites for hydroxylation is 1. The maximum Gasteiger partial charge on any atom is 0.164 e. The van der Waals surface area contributed by atoms with Crippen LogP contribution in [0.4, 0.5) is 5.69 Å². The first-order chi connectivity index (χ1) is 8.77. The van der Waals surface area contributed by atoms with Crippen molar-refractivity contribution in [2.45, 2.75) is 19.3 Å². The number of rotatable bonds is 5. The zero-order valence-electron chi connectivity index (χ0n) is 10.3. The summed E-state index contributed by atoms with van der Waals surface area (Å²) in [7, 11) is 0. The third kappa shape index (κ3) is 3.20. The van der Waals surface area contributed by atoms with Crippen LogP contribution >= 0.6 is 0 Å². The molecule has 0 aliphatic rings. The molecule has 0 spiro atoms. The number of anilines is 1. The third-order valence-electron chi connectivity index (χ3n) is 2.97. The Morgan fingerprint density at radius 3 is 2.33 bits per heavy atom. The first kappa shape index (κ1) is 12.4. The molecule has 2 aromatic rings. The van der Waals surface area contributed by atoms with E-state index >= 15 is 0 Å². The van der Waals surface area contributed by atoms with E-state index in [2.05, 4.69) is 12.1 Å². The van der Waals surface area contributed by atoms with Gasteiger partial charge in [-0.1, -0.05) is 42.5 Å². The van der Waals surface area contributed by atoms with Gasteiger partial charge in [0.1, 0.15) is 0 Å². The van der Waals surface area contributed by atoms with E-state index in [0.717, 1.165) is 12.8 Å². The van der Waals surface area contributed by atoms with Crippen molar-refractivity contribution < 1.29 is 4.79 Å². The number of nitrogen functional groups attached to an aromatic ring is 1. The van der Waals surface area contributed by atoms with Crippen molar-refractivity contribution in [3.63, 3.8) is 0 Å². The van der Waals surface area contributed by atoms with Gasteiger partial charge < -0.3 is 5.73 Å². The zero-order valence-corrected chi connectivity index (χ0v) is 10.3. The number of carbonyl (C=O) groups excluding carboxylic acids is 1. The third-order valence-corrected chi connectivity index (χ3v) is 2.97. The smallest absolute Gasteiger partial charge is 0.164 e. The quantitative estimate of drug-likeness (QED) is 0.641. The van der Waals surface area contributed by atoms with Gasteiger partial charge in [0.2, 0.25) is 0 Å². The second kappa shape index (κ2) is 6.01. The largest absolute Gasteiger partial charge is 0.398 e. The van der Waals surface area contributed by atoms with Gasteiger partial charge in [0.05, 0.1) is 0 Å². The average Bonchev–Trinajstić information content (AvgIpc) is 2.40. The lowest BCUT2D eigenvalue weighted by molar-refractivity contribution is 0.0981. The van der Waals surface area contributed by atoms with Crippen molar-refractivity contribution in [3.05, 3.63) is 65.7 Å². The van der Waals surface area contributed by atoms with Crippen molar-refractivity contribution in [2.24, 2.45) is 0 Å². The van der Waals surface area contributed by atoms with E-state index in [-0.39, 0.29) is 5.78 Å². The molecule has 0 saturated carbocycles. The van der Waals surface area contributed by atoms with Gasteiger partial charge in [-0.15, -0.1) is 0 Å². The predicted molar refractivity (Wildman–Crippen MR) is 74.6 cm³/mol. The van der Waals surface area contributed by atoms with Gasteiger partial charge in [-0.3, -0.25) is 4.79 Å². The summed E-state index contributed by atoms with van der Waals surface area (Å²) in [5.41, 5.74) is 8.27. The van der Waals surface area contributed by atoms with E-state index in [9.17, 15) is 4.79 Å². The van der Waals surface area contributed by atoms with Gasteiger partial charge in [-0.25, -0.2) is 0 Å². The van der Waals surface area contributed by atoms with E-state index in [1.807, 2.05) is 30.3 Å². The fraction of sp³-hybridized carbons (Fsp3) is 0.188. The number of benzene rings is 2. The summed E-state index contributed by atoms with van der Waals surface area (Å²) < 4.78 is 0. The molecule has 2 N–H and O–H groups in total. The van der Waals surface area contributed by atoms with E-state index in [1.54, 1.807) is 12.1 Å². The molecule has 92 valence electrons. The fourth-order valence-electron chi connectivity index (χ4n) is 1.98. The molecule has 0 aliphatic carbocycles. The van der Waals surface area contributed by atoms with Crippen molar-refractivity contribution in [3.8, 4) is 0 Å². The van der Waals surface area contributed by atoms with Gasteiger partial charge in [-0.05, 0) is 30.5 Å². The second-order valence-electron chi connectivity index (χ2n) is 4.35. The Morgan fingerprint density at radius 2 is 1.61 bits per heavy atom. The van der Waals surface area contributed by atoms with Crippen molar-refractivity contribution >= 4 is 11.5 Å². The number of ketones is 1. The minimum absolute atomic E-state index is 0.129. The lowest BCUT2D eigenvalue weighted by Crippen LogP contribution is -2.03. The number of nitrogens with two attached hydrogens (primary N) is 1. The summed E-state index contributed by atoms with van der Waals surface area (Å²) in [5.74, 6) is 0.129. The van der Waals surface area contributed by atoms with E-state index in [0.29, 0.717) is 17.7 Å². The predicted octanol–water partition coefficient (Wildman–Crippen LogP) is 3.47. The molecular weight excluding hydrogens is 222 g/mol. The van der Waals surface area contributed by atoms with Crippen LogP contribution in [-0.4, -0.2) is 5.78 Å². The molecular formula is C16H17NO. The summed E-state index contributed by atoms with van der Waals surface area (Å²) in [4.78, 5) is 12.0. The number of hydrogen-bond acceptors (Lipinski definition) is 2. The van der Waals surface area contributed by atoms with Gasteiger partial charge in [0, 0.05) is 17.7 Å². The highest BCUT2D eigenvalue weighted by Crippen LogP contribution is 2.15. The van der Waals surface area contributed by atoms with Crippen LogP contribution in [0.2, 0.25) is 0 Å². The maximum absolute atomic E-state index is 12.0. The van der Waals surface area contributed by atoms with Crippen molar-refractivity contribution in [1.29, 1.82) is 0 Å². The second-order valence-corrected chi connectivity index (χ2v) is 4.35. The Balaban J connectivity index is 1.88. The number of hydrogen-bond donors (Lipinski definition) is 1. The Morgan fingerprint density at radius 1 is 0.944 bits per heavy atom. The fourth-order valence-corrected chi connectivity index (χ4v) is 1.98. The molecule has 2 rings (SSSR count). The van der Waals surface area contributed by atoms with Crippen LogP contribution in [0.25, 0.3) is 0 Å². The SMILES string of the molecule is Nc1ccccc1C(=O)CCCc1ccccc1. The lowest BCUT2D eigenvalue weighted by atomic mass is 10.0. The van der Waals surface area contributed by atoms with Gasteiger partial charge in [0.25, 0.3) is 0 Å². The maximum atomic E-state index is 12.0. The average molecular weight is 239 g/mol. The molecule has 0 fully saturated rings. The molecule has 2 heteroatoms. The highest BCUT2D eigenvalue weighted by molar-refractivity contribution is 6.00. The minimum Gasteiger partial charge on any atom is -0.398 e. The van der Waals surface area contributed by atoms with E-state index < -0.39 is 0 Å². The Kier molecular flexibility index (Phi) is 4.13. The molecule has 0 heterocycles. The van der Waals surface area contributed by atoms with Gasteiger partial charge >= 0.3 is 0 Å². The number of para-hydroxylation sites is 1. The van der Waals surface area contributed by atoms with Gasteiger partial charge in [0.15, 0.2) is 5.78 Å². The minimum atomic E-state index is 0.129. The van der Waals surface area contributed by atoms with Crippen molar-refractivity contribution in [1.82, 2.24) is 0 Å². The molecule has 0 aromatic heterocycles. The zero-order chi connectivity index (χ0) is 12.8. The molecule has 2 aromatic carbocycles. The first-order valence-corrected chi connectivity index (χ1v) is 6.19. The summed E-state index contributed by atoms with van der Waals surface area (Å²) in [5, 5.41) is 0. The molecule has 0 saturated heterocycles.